The molecule has 2 N–H and O–H groups in total. The van der Waals surface area contributed by atoms with Crippen molar-refractivity contribution < 1.29 is 0 Å². The van der Waals surface area contributed by atoms with Crippen LogP contribution in [-0.2, 0) is 6.54 Å². The van der Waals surface area contributed by atoms with E-state index in [2.05, 4.69) is 27.6 Å². The van der Waals surface area contributed by atoms with Gasteiger partial charge in [-0.3, -0.25) is 4.98 Å². The molecule has 0 aromatic carbocycles. The van der Waals surface area contributed by atoms with Gasteiger partial charge in [-0.15, -0.1) is 12.4 Å². The predicted octanol–water partition coefficient (Wildman–Crippen LogP) is 1.57. The number of pyridine rings is 1. The highest BCUT2D eigenvalue weighted by Crippen LogP contribution is 2.01. The van der Waals surface area contributed by atoms with E-state index in [9.17, 15) is 0 Å². The predicted molar refractivity (Wildman–Crippen MR) is 52.1 cm³/mol. The summed E-state index contributed by atoms with van der Waals surface area (Å²) in [4.78, 5) is 4.06. The maximum atomic E-state index is 5.33. The Morgan fingerprint density at radius 2 is 2.20 bits per heavy atom. The Labute approximate surface area is 79.8 Å². The van der Waals surface area contributed by atoms with E-state index in [1.54, 1.807) is 0 Å². The summed E-state index contributed by atoms with van der Waals surface area (Å²) in [6.07, 6.45) is 1.81. The Morgan fingerprint density at radius 1 is 1.50 bits per heavy atom. The first-order valence-corrected chi connectivity index (χ1v) is 3.71. The highest BCUT2D eigenvalue weighted by molar-refractivity contribution is 14.1. The summed E-state index contributed by atoms with van der Waals surface area (Å²) in [5.74, 6) is 0. The second kappa shape index (κ2) is 4.87. The summed E-state index contributed by atoms with van der Waals surface area (Å²) in [7, 11) is 0. The standard InChI is InChI=1S/C6H7IN2.ClH/c7-5-1-2-6(3-8)9-4-5;/h1-2,4H,3,8H2;1H. The van der Waals surface area contributed by atoms with Crippen LogP contribution in [0.15, 0.2) is 18.3 Å². The molecule has 2 nitrogen and oxygen atoms in total. The summed E-state index contributed by atoms with van der Waals surface area (Å²) in [6, 6.07) is 3.93. The van der Waals surface area contributed by atoms with Crippen LogP contribution in [0.5, 0.6) is 0 Å². The Hall–Kier alpha value is 0.130. The summed E-state index contributed by atoms with van der Waals surface area (Å²) in [6.45, 7) is 0.525. The van der Waals surface area contributed by atoms with Crippen LogP contribution >= 0.6 is 35.0 Å². The molecule has 1 aromatic rings. The number of hydrogen-bond donors (Lipinski definition) is 1. The molecule has 56 valence electrons. The summed E-state index contributed by atoms with van der Waals surface area (Å²) >= 11 is 2.21. The molecule has 10 heavy (non-hydrogen) atoms. The van der Waals surface area contributed by atoms with Crippen molar-refractivity contribution in [1.82, 2.24) is 4.98 Å². The molecule has 0 saturated carbocycles. The average Bonchev–Trinajstić information content (AvgIpc) is 1.90. The van der Waals surface area contributed by atoms with Crippen molar-refractivity contribution in [3.05, 3.63) is 27.6 Å². The van der Waals surface area contributed by atoms with Crippen molar-refractivity contribution in [2.45, 2.75) is 6.54 Å². The molecule has 0 aliphatic carbocycles. The minimum absolute atomic E-state index is 0. The zero-order valence-electron chi connectivity index (χ0n) is 5.25. The molecule has 1 aromatic heterocycles. The van der Waals surface area contributed by atoms with Gasteiger partial charge < -0.3 is 5.73 Å². The van der Waals surface area contributed by atoms with E-state index in [1.165, 1.54) is 0 Å². The third kappa shape index (κ3) is 2.81. The maximum Gasteiger partial charge on any atom is 0.0540 e. The molecule has 0 fully saturated rings. The third-order valence-corrected chi connectivity index (χ3v) is 1.64. The number of nitrogens with zero attached hydrogens (tertiary/aromatic N) is 1. The van der Waals surface area contributed by atoms with Crippen LogP contribution in [0.1, 0.15) is 5.69 Å². The largest absolute Gasteiger partial charge is 0.325 e. The molecular weight excluding hydrogens is 262 g/mol. The quantitative estimate of drug-likeness (QED) is 0.787. The van der Waals surface area contributed by atoms with Gasteiger partial charge in [0.1, 0.15) is 0 Å². The lowest BCUT2D eigenvalue weighted by molar-refractivity contribution is 0.987. The molecule has 0 amide bonds. The van der Waals surface area contributed by atoms with Gasteiger partial charge in [-0.2, -0.15) is 0 Å². The lowest BCUT2D eigenvalue weighted by Crippen LogP contribution is -1.98. The van der Waals surface area contributed by atoms with E-state index in [-0.39, 0.29) is 12.4 Å². The van der Waals surface area contributed by atoms with Crippen molar-refractivity contribution >= 4 is 35.0 Å². The molecule has 0 saturated heterocycles. The lowest BCUT2D eigenvalue weighted by atomic mass is 10.4. The van der Waals surface area contributed by atoms with E-state index in [0.717, 1.165) is 9.26 Å². The fraction of sp³-hybridized carbons (Fsp3) is 0.167. The molecule has 0 aliphatic rings. The van der Waals surface area contributed by atoms with Crippen molar-refractivity contribution in [2.75, 3.05) is 0 Å². The Kier molecular flexibility index (Phi) is 4.93. The van der Waals surface area contributed by atoms with Gasteiger partial charge >= 0.3 is 0 Å². The van der Waals surface area contributed by atoms with E-state index in [4.69, 9.17) is 5.73 Å². The van der Waals surface area contributed by atoms with Gasteiger partial charge in [-0.25, -0.2) is 0 Å². The van der Waals surface area contributed by atoms with Crippen LogP contribution in [0.25, 0.3) is 0 Å². The normalized spacial score (nSPS) is 8.60. The molecule has 0 unspecified atom stereocenters. The monoisotopic (exact) mass is 270 g/mol. The van der Waals surface area contributed by atoms with Crippen LogP contribution < -0.4 is 5.73 Å². The fourth-order valence-electron chi connectivity index (χ4n) is 0.527. The van der Waals surface area contributed by atoms with Crippen LogP contribution in [-0.4, -0.2) is 4.98 Å². The van der Waals surface area contributed by atoms with Crippen LogP contribution in [0.3, 0.4) is 0 Å². The number of nitrogens with two attached hydrogens (primary N) is 1. The van der Waals surface area contributed by atoms with Gasteiger partial charge in [0.05, 0.1) is 5.69 Å². The third-order valence-electron chi connectivity index (χ3n) is 0.998. The number of hydrogen-bond acceptors (Lipinski definition) is 2. The SMILES string of the molecule is Cl.NCc1ccc(I)cn1. The van der Waals surface area contributed by atoms with E-state index in [1.807, 2.05) is 18.3 Å². The molecule has 0 bridgehead atoms. The highest BCUT2D eigenvalue weighted by atomic mass is 127. The van der Waals surface area contributed by atoms with E-state index >= 15 is 0 Å². The minimum atomic E-state index is 0. The number of rotatable bonds is 1. The van der Waals surface area contributed by atoms with Gasteiger partial charge in [0.25, 0.3) is 0 Å². The Bertz CT molecular complexity index is 187. The molecule has 1 heterocycles. The van der Waals surface area contributed by atoms with E-state index in [0.29, 0.717) is 6.54 Å². The second-order valence-electron chi connectivity index (χ2n) is 1.67. The zero-order valence-corrected chi connectivity index (χ0v) is 8.22. The molecule has 0 atom stereocenters. The average molecular weight is 271 g/mol. The summed E-state index contributed by atoms with van der Waals surface area (Å²) in [5, 5.41) is 0. The van der Waals surface area contributed by atoms with Gasteiger partial charge in [-0.05, 0) is 34.7 Å². The van der Waals surface area contributed by atoms with Crippen molar-refractivity contribution in [2.24, 2.45) is 5.73 Å². The molecule has 4 heteroatoms. The van der Waals surface area contributed by atoms with Gasteiger partial charge in [-0.1, -0.05) is 0 Å². The first kappa shape index (κ1) is 10.1. The molecule has 0 aliphatic heterocycles. The second-order valence-corrected chi connectivity index (χ2v) is 2.92. The topological polar surface area (TPSA) is 38.9 Å². The molecule has 1 rings (SSSR count). The molecular formula is C6H8ClIN2. The number of aromatic nitrogens is 1. The smallest absolute Gasteiger partial charge is 0.0540 e. The van der Waals surface area contributed by atoms with Crippen LogP contribution in [0.2, 0.25) is 0 Å². The first-order valence-electron chi connectivity index (χ1n) is 2.63. The molecule has 0 radical (unpaired) electrons. The molecule has 0 spiro atoms. The zero-order chi connectivity index (χ0) is 6.69. The van der Waals surface area contributed by atoms with Crippen molar-refractivity contribution in [1.29, 1.82) is 0 Å². The van der Waals surface area contributed by atoms with Gasteiger partial charge in [0.2, 0.25) is 0 Å². The maximum absolute atomic E-state index is 5.33. The highest BCUT2D eigenvalue weighted by Gasteiger charge is 1.87. The lowest BCUT2D eigenvalue weighted by Gasteiger charge is -1.92. The van der Waals surface area contributed by atoms with E-state index < -0.39 is 0 Å². The van der Waals surface area contributed by atoms with Gasteiger partial charge in [0, 0.05) is 16.3 Å². The fourth-order valence-corrected chi connectivity index (χ4v) is 0.846. The Balaban J connectivity index is 0.000000810. The summed E-state index contributed by atoms with van der Waals surface area (Å²) in [5.41, 5.74) is 6.28. The Morgan fingerprint density at radius 3 is 2.60 bits per heavy atom. The van der Waals surface area contributed by atoms with Crippen molar-refractivity contribution in [3.8, 4) is 0 Å². The van der Waals surface area contributed by atoms with Gasteiger partial charge in [0.15, 0.2) is 0 Å². The minimum Gasteiger partial charge on any atom is -0.325 e. The first-order chi connectivity index (χ1) is 4.33. The van der Waals surface area contributed by atoms with Crippen molar-refractivity contribution in [3.63, 3.8) is 0 Å². The number of halogens is 2. The van der Waals surface area contributed by atoms with Crippen LogP contribution in [0.4, 0.5) is 0 Å². The summed E-state index contributed by atoms with van der Waals surface area (Å²) < 4.78 is 1.14. The van der Waals surface area contributed by atoms with Crippen LogP contribution in [0, 0.1) is 3.57 Å².